The van der Waals surface area contributed by atoms with Gasteiger partial charge in [-0.1, -0.05) is 0 Å². The third-order valence-corrected chi connectivity index (χ3v) is 1.85. The van der Waals surface area contributed by atoms with E-state index in [1.807, 2.05) is 21.1 Å². The molecule has 4 nitrogen and oxygen atoms in total. The van der Waals surface area contributed by atoms with Crippen molar-refractivity contribution >= 4 is 5.97 Å². The number of hydrogen-bond acceptors (Lipinski definition) is 3. The summed E-state index contributed by atoms with van der Waals surface area (Å²) in [5, 5.41) is 8.44. The van der Waals surface area contributed by atoms with Gasteiger partial charge in [-0.15, -0.1) is 0 Å². The molecule has 0 atom stereocenters. The molecule has 0 saturated carbocycles. The second kappa shape index (κ2) is 6.86. The van der Waals surface area contributed by atoms with Crippen LogP contribution in [0.4, 0.5) is 0 Å². The van der Waals surface area contributed by atoms with Gasteiger partial charge in [-0.2, -0.15) is 0 Å². The van der Waals surface area contributed by atoms with Gasteiger partial charge in [-0.25, -0.2) is 0 Å². The lowest BCUT2D eigenvalue weighted by atomic mass is 10.3. The fraction of sp³-hybridized carbons (Fsp3) is 0.889. The molecule has 0 radical (unpaired) electrons. The van der Waals surface area contributed by atoms with E-state index in [0.717, 1.165) is 19.5 Å². The fourth-order valence-corrected chi connectivity index (χ4v) is 1.06. The number of hydrogen-bond donors (Lipinski definition) is 1. The van der Waals surface area contributed by atoms with E-state index in [2.05, 4.69) is 9.80 Å². The zero-order valence-electron chi connectivity index (χ0n) is 8.79. The quantitative estimate of drug-likeness (QED) is 0.626. The van der Waals surface area contributed by atoms with Gasteiger partial charge in [0.1, 0.15) is 0 Å². The van der Waals surface area contributed by atoms with Crippen molar-refractivity contribution in [2.45, 2.75) is 12.8 Å². The topological polar surface area (TPSA) is 43.8 Å². The van der Waals surface area contributed by atoms with E-state index in [0.29, 0.717) is 6.54 Å². The maximum atomic E-state index is 10.3. The van der Waals surface area contributed by atoms with Crippen LogP contribution in [0.5, 0.6) is 0 Å². The van der Waals surface area contributed by atoms with Crippen molar-refractivity contribution in [1.29, 1.82) is 0 Å². The van der Waals surface area contributed by atoms with Gasteiger partial charge in [0.25, 0.3) is 0 Å². The van der Waals surface area contributed by atoms with E-state index in [9.17, 15) is 4.79 Å². The van der Waals surface area contributed by atoms with Gasteiger partial charge in [0, 0.05) is 6.54 Å². The Kier molecular flexibility index (Phi) is 6.54. The highest BCUT2D eigenvalue weighted by Crippen LogP contribution is 1.91. The minimum Gasteiger partial charge on any atom is -0.481 e. The molecule has 0 aliphatic rings. The van der Waals surface area contributed by atoms with Crippen molar-refractivity contribution < 1.29 is 9.90 Å². The molecule has 13 heavy (non-hydrogen) atoms. The zero-order chi connectivity index (χ0) is 10.3. The Balaban J connectivity index is 3.30. The minimum atomic E-state index is -0.723. The van der Waals surface area contributed by atoms with Crippen LogP contribution in [0, 0.1) is 0 Å². The molecule has 0 saturated heterocycles. The molecule has 0 aliphatic carbocycles. The molecule has 1 N–H and O–H groups in total. The lowest BCUT2D eigenvalue weighted by Gasteiger charge is -2.16. The molecule has 4 heteroatoms. The smallest absolute Gasteiger partial charge is 0.304 e. The Labute approximate surface area is 80.1 Å². The summed E-state index contributed by atoms with van der Waals surface area (Å²) >= 11 is 0. The molecule has 0 aromatic carbocycles. The average Bonchev–Trinajstić information content (AvgIpc) is 2.00. The molecule has 0 rings (SSSR count). The molecule has 0 spiro atoms. The minimum absolute atomic E-state index is 0.235. The average molecular weight is 188 g/mol. The normalized spacial score (nSPS) is 11.2. The Hall–Kier alpha value is -0.610. The zero-order valence-corrected chi connectivity index (χ0v) is 8.79. The SMILES string of the molecule is CN(C)CCCN(C)CCC(=O)O. The summed E-state index contributed by atoms with van der Waals surface area (Å²) in [6.07, 6.45) is 1.32. The van der Waals surface area contributed by atoms with Crippen molar-refractivity contribution in [2.75, 3.05) is 40.8 Å². The van der Waals surface area contributed by atoms with Crippen molar-refractivity contribution in [2.24, 2.45) is 0 Å². The second-order valence-electron chi connectivity index (χ2n) is 3.60. The first-order valence-electron chi connectivity index (χ1n) is 4.57. The molecule has 0 bridgehead atoms. The number of nitrogens with zero attached hydrogens (tertiary/aromatic N) is 2. The van der Waals surface area contributed by atoms with Crippen LogP contribution < -0.4 is 0 Å². The van der Waals surface area contributed by atoms with Gasteiger partial charge in [-0.3, -0.25) is 4.79 Å². The first-order valence-corrected chi connectivity index (χ1v) is 4.57. The summed E-state index contributed by atoms with van der Waals surface area (Å²) < 4.78 is 0. The van der Waals surface area contributed by atoms with Crippen LogP contribution in [-0.4, -0.2) is 61.7 Å². The van der Waals surface area contributed by atoms with Crippen molar-refractivity contribution in [1.82, 2.24) is 9.80 Å². The van der Waals surface area contributed by atoms with Crippen LogP contribution in [0.3, 0.4) is 0 Å². The van der Waals surface area contributed by atoms with E-state index in [1.165, 1.54) is 0 Å². The number of carboxylic acid groups (broad SMARTS) is 1. The van der Waals surface area contributed by atoms with Crippen LogP contribution in [0.1, 0.15) is 12.8 Å². The van der Waals surface area contributed by atoms with Crippen LogP contribution in [-0.2, 0) is 4.79 Å². The molecule has 0 unspecified atom stereocenters. The van der Waals surface area contributed by atoms with Gasteiger partial charge in [0.15, 0.2) is 0 Å². The first-order chi connectivity index (χ1) is 6.02. The Morgan fingerprint density at radius 2 is 1.77 bits per heavy atom. The molecular formula is C9H20N2O2. The maximum absolute atomic E-state index is 10.3. The summed E-state index contributed by atoms with van der Waals surface area (Å²) in [5.74, 6) is -0.723. The number of aliphatic carboxylic acids is 1. The summed E-state index contributed by atoms with van der Waals surface area (Å²) in [5.41, 5.74) is 0. The van der Waals surface area contributed by atoms with E-state index in [-0.39, 0.29) is 6.42 Å². The Morgan fingerprint density at radius 1 is 1.15 bits per heavy atom. The van der Waals surface area contributed by atoms with Gasteiger partial charge in [-0.05, 0) is 40.7 Å². The lowest BCUT2D eigenvalue weighted by Crippen LogP contribution is -2.25. The van der Waals surface area contributed by atoms with Crippen LogP contribution in [0.15, 0.2) is 0 Å². The summed E-state index contributed by atoms with van der Waals surface area (Å²) in [7, 11) is 6.03. The van der Waals surface area contributed by atoms with Crippen LogP contribution >= 0.6 is 0 Å². The van der Waals surface area contributed by atoms with Crippen LogP contribution in [0.25, 0.3) is 0 Å². The first kappa shape index (κ1) is 12.4. The Bertz CT molecular complexity index is 149. The molecule has 0 amide bonds. The standard InChI is InChI=1S/C9H20N2O2/c1-10(2)6-4-7-11(3)8-5-9(12)13/h4-8H2,1-3H3,(H,12,13). The third-order valence-electron chi connectivity index (χ3n) is 1.85. The summed E-state index contributed by atoms with van der Waals surface area (Å²) in [6.45, 7) is 2.66. The van der Waals surface area contributed by atoms with E-state index in [4.69, 9.17) is 5.11 Å². The maximum Gasteiger partial charge on any atom is 0.304 e. The molecule has 78 valence electrons. The molecular weight excluding hydrogens is 168 g/mol. The van der Waals surface area contributed by atoms with E-state index < -0.39 is 5.97 Å². The van der Waals surface area contributed by atoms with Gasteiger partial charge in [0.05, 0.1) is 6.42 Å². The van der Waals surface area contributed by atoms with Crippen molar-refractivity contribution in [3.8, 4) is 0 Å². The lowest BCUT2D eigenvalue weighted by molar-refractivity contribution is -0.137. The number of carboxylic acids is 1. The highest BCUT2D eigenvalue weighted by molar-refractivity contribution is 5.66. The number of carbonyl (C=O) groups is 1. The third kappa shape index (κ3) is 9.30. The van der Waals surface area contributed by atoms with Crippen molar-refractivity contribution in [3.63, 3.8) is 0 Å². The molecule has 0 aliphatic heterocycles. The summed E-state index contributed by atoms with van der Waals surface area (Å²) in [6, 6.07) is 0. The predicted octanol–water partition coefficient (Wildman–Crippen LogP) is 0.345. The van der Waals surface area contributed by atoms with Crippen LogP contribution in [0.2, 0.25) is 0 Å². The monoisotopic (exact) mass is 188 g/mol. The molecule has 0 heterocycles. The number of rotatable bonds is 7. The highest BCUT2D eigenvalue weighted by atomic mass is 16.4. The molecule has 0 aromatic rings. The second-order valence-corrected chi connectivity index (χ2v) is 3.60. The molecule has 0 fully saturated rings. The highest BCUT2D eigenvalue weighted by Gasteiger charge is 2.01. The fourth-order valence-electron chi connectivity index (χ4n) is 1.06. The molecule has 0 aromatic heterocycles. The summed E-state index contributed by atoms with van der Waals surface area (Å²) in [4.78, 5) is 14.4. The van der Waals surface area contributed by atoms with Gasteiger partial charge in [0.2, 0.25) is 0 Å². The Morgan fingerprint density at radius 3 is 2.23 bits per heavy atom. The van der Waals surface area contributed by atoms with E-state index >= 15 is 0 Å². The van der Waals surface area contributed by atoms with Gasteiger partial charge >= 0.3 is 5.97 Å². The largest absolute Gasteiger partial charge is 0.481 e. The van der Waals surface area contributed by atoms with Crippen molar-refractivity contribution in [3.05, 3.63) is 0 Å². The predicted molar refractivity (Wildman–Crippen MR) is 52.9 cm³/mol. The van der Waals surface area contributed by atoms with Gasteiger partial charge < -0.3 is 14.9 Å². The van der Waals surface area contributed by atoms with E-state index in [1.54, 1.807) is 0 Å².